The van der Waals surface area contributed by atoms with Crippen LogP contribution in [-0.4, -0.2) is 36.6 Å². The van der Waals surface area contributed by atoms with Crippen molar-refractivity contribution in [3.8, 4) is 6.07 Å². The lowest BCUT2D eigenvalue weighted by atomic mass is 10.1. The van der Waals surface area contributed by atoms with Gasteiger partial charge in [-0.2, -0.15) is 5.26 Å². The van der Waals surface area contributed by atoms with Crippen LogP contribution in [0.2, 0.25) is 0 Å². The summed E-state index contributed by atoms with van der Waals surface area (Å²) >= 11 is 3.41. The molecule has 0 spiro atoms. The van der Waals surface area contributed by atoms with Gasteiger partial charge < -0.3 is 9.64 Å². The van der Waals surface area contributed by atoms with E-state index in [1.54, 1.807) is 11.0 Å². The minimum absolute atomic E-state index is 0.108. The molecule has 0 saturated carbocycles. The second-order valence-corrected chi connectivity index (χ2v) is 4.99. The van der Waals surface area contributed by atoms with Crippen molar-refractivity contribution in [3.63, 3.8) is 0 Å². The number of morpholine rings is 1. The molecule has 1 aliphatic heterocycles. The van der Waals surface area contributed by atoms with Gasteiger partial charge in [-0.05, 0) is 24.6 Å². The summed E-state index contributed by atoms with van der Waals surface area (Å²) in [6, 6.07) is 7.12. The van der Waals surface area contributed by atoms with E-state index in [-0.39, 0.29) is 12.5 Å². The molecular formula is C13H13BrN2O2. The van der Waals surface area contributed by atoms with Crippen molar-refractivity contribution >= 4 is 21.8 Å². The third kappa shape index (κ3) is 2.40. The summed E-state index contributed by atoms with van der Waals surface area (Å²) in [4.78, 5) is 14.0. The van der Waals surface area contributed by atoms with E-state index in [1.165, 1.54) is 0 Å². The fourth-order valence-corrected chi connectivity index (χ4v) is 2.31. The summed E-state index contributed by atoms with van der Waals surface area (Å²) < 4.78 is 6.12. The van der Waals surface area contributed by atoms with Crippen LogP contribution in [0.5, 0.6) is 0 Å². The monoisotopic (exact) mass is 308 g/mol. The first-order valence-electron chi connectivity index (χ1n) is 5.68. The zero-order valence-corrected chi connectivity index (χ0v) is 11.6. The highest BCUT2D eigenvalue weighted by atomic mass is 79.9. The predicted molar refractivity (Wildman–Crippen MR) is 70.1 cm³/mol. The zero-order chi connectivity index (χ0) is 13.1. The molecule has 4 nitrogen and oxygen atoms in total. The van der Waals surface area contributed by atoms with Crippen LogP contribution < -0.4 is 0 Å². The van der Waals surface area contributed by atoms with Gasteiger partial charge in [-0.25, -0.2) is 0 Å². The van der Waals surface area contributed by atoms with E-state index in [9.17, 15) is 4.79 Å². The molecule has 1 aromatic carbocycles. The molecule has 1 amide bonds. The fourth-order valence-electron chi connectivity index (χ4n) is 1.95. The third-order valence-electron chi connectivity index (χ3n) is 3.04. The van der Waals surface area contributed by atoms with Gasteiger partial charge in [-0.3, -0.25) is 4.79 Å². The summed E-state index contributed by atoms with van der Waals surface area (Å²) in [6.45, 7) is 3.12. The van der Waals surface area contributed by atoms with Gasteiger partial charge in [-0.1, -0.05) is 22.0 Å². The molecular weight excluding hydrogens is 296 g/mol. The van der Waals surface area contributed by atoms with Gasteiger partial charge in [0.05, 0.1) is 19.3 Å². The molecule has 2 rings (SSSR count). The quantitative estimate of drug-likeness (QED) is 0.798. The van der Waals surface area contributed by atoms with Gasteiger partial charge in [0.2, 0.25) is 0 Å². The molecule has 0 bridgehead atoms. The maximum absolute atomic E-state index is 12.4. The number of amides is 1. The standard InChI is InChI=1S/C13H13BrN2O2/c1-9-11(3-2-4-12(9)14)13(17)16-5-6-18-8-10(16)7-15/h2-4,10H,5-6,8H2,1H3/t10-/m1/s1. The highest BCUT2D eigenvalue weighted by Gasteiger charge is 2.28. The van der Waals surface area contributed by atoms with Crippen LogP contribution in [0.4, 0.5) is 0 Å². The van der Waals surface area contributed by atoms with Gasteiger partial charge in [0.15, 0.2) is 0 Å². The molecule has 18 heavy (non-hydrogen) atoms. The Morgan fingerprint density at radius 3 is 3.11 bits per heavy atom. The molecule has 0 aliphatic carbocycles. The molecule has 0 unspecified atom stereocenters. The van der Waals surface area contributed by atoms with Gasteiger partial charge in [-0.15, -0.1) is 0 Å². The average Bonchev–Trinajstić information content (AvgIpc) is 2.41. The Hall–Kier alpha value is -1.38. The number of nitriles is 1. The maximum Gasteiger partial charge on any atom is 0.255 e. The van der Waals surface area contributed by atoms with Crippen molar-refractivity contribution < 1.29 is 9.53 Å². The number of halogens is 1. The molecule has 0 aromatic heterocycles. The highest BCUT2D eigenvalue weighted by molar-refractivity contribution is 9.10. The fraction of sp³-hybridized carbons (Fsp3) is 0.385. The maximum atomic E-state index is 12.4. The van der Waals surface area contributed by atoms with E-state index < -0.39 is 6.04 Å². The molecule has 1 aliphatic rings. The van der Waals surface area contributed by atoms with Crippen LogP contribution in [0.15, 0.2) is 22.7 Å². The second-order valence-electron chi connectivity index (χ2n) is 4.13. The second kappa shape index (κ2) is 5.51. The van der Waals surface area contributed by atoms with Crippen LogP contribution >= 0.6 is 15.9 Å². The Morgan fingerprint density at radius 2 is 2.39 bits per heavy atom. The smallest absolute Gasteiger partial charge is 0.255 e. The normalized spacial score (nSPS) is 19.4. The molecule has 1 saturated heterocycles. The predicted octanol–water partition coefficient (Wildman–Crippen LogP) is 2.12. The van der Waals surface area contributed by atoms with E-state index >= 15 is 0 Å². The van der Waals surface area contributed by atoms with Crippen LogP contribution in [-0.2, 0) is 4.74 Å². The first-order chi connectivity index (χ1) is 8.65. The van der Waals surface area contributed by atoms with Crippen molar-refractivity contribution in [3.05, 3.63) is 33.8 Å². The number of hydrogen-bond acceptors (Lipinski definition) is 3. The summed E-state index contributed by atoms with van der Waals surface area (Å²) in [5.41, 5.74) is 1.53. The Morgan fingerprint density at radius 1 is 1.61 bits per heavy atom. The molecule has 1 aromatic rings. The lowest BCUT2D eigenvalue weighted by Crippen LogP contribution is -2.48. The van der Waals surface area contributed by atoms with Crippen molar-refractivity contribution in [1.29, 1.82) is 5.26 Å². The molecule has 1 atom stereocenters. The van der Waals surface area contributed by atoms with E-state index in [4.69, 9.17) is 10.00 Å². The van der Waals surface area contributed by atoms with E-state index in [0.717, 1.165) is 10.0 Å². The van der Waals surface area contributed by atoms with Gasteiger partial charge in [0, 0.05) is 16.6 Å². The number of ether oxygens (including phenoxy) is 1. The summed E-state index contributed by atoms with van der Waals surface area (Å²) in [7, 11) is 0. The molecule has 1 fully saturated rings. The van der Waals surface area contributed by atoms with Crippen molar-refractivity contribution in [2.24, 2.45) is 0 Å². The summed E-state index contributed by atoms with van der Waals surface area (Å²) in [6.07, 6.45) is 0. The number of carbonyl (C=O) groups excluding carboxylic acids is 1. The van der Waals surface area contributed by atoms with Crippen LogP contribution in [0, 0.1) is 18.3 Å². The molecule has 94 valence electrons. The number of benzene rings is 1. The van der Waals surface area contributed by atoms with Gasteiger partial charge in [0.25, 0.3) is 5.91 Å². The van der Waals surface area contributed by atoms with Crippen LogP contribution in [0.25, 0.3) is 0 Å². The van der Waals surface area contributed by atoms with E-state index in [1.807, 2.05) is 19.1 Å². The largest absolute Gasteiger partial charge is 0.376 e. The third-order valence-corrected chi connectivity index (χ3v) is 3.90. The van der Waals surface area contributed by atoms with Crippen LogP contribution in [0.1, 0.15) is 15.9 Å². The number of carbonyl (C=O) groups is 1. The zero-order valence-electron chi connectivity index (χ0n) is 10.0. The van der Waals surface area contributed by atoms with Crippen LogP contribution in [0.3, 0.4) is 0 Å². The molecule has 5 heteroatoms. The lowest BCUT2D eigenvalue weighted by molar-refractivity contribution is 0.0132. The minimum atomic E-state index is -0.496. The topological polar surface area (TPSA) is 53.3 Å². The first-order valence-corrected chi connectivity index (χ1v) is 6.48. The Bertz CT molecular complexity index is 510. The van der Waals surface area contributed by atoms with E-state index in [2.05, 4.69) is 22.0 Å². The van der Waals surface area contributed by atoms with Gasteiger partial charge in [0.1, 0.15) is 6.04 Å². The van der Waals surface area contributed by atoms with E-state index in [0.29, 0.717) is 18.7 Å². The minimum Gasteiger partial charge on any atom is -0.376 e. The molecule has 0 N–H and O–H groups in total. The molecule has 0 radical (unpaired) electrons. The number of rotatable bonds is 1. The van der Waals surface area contributed by atoms with Crippen molar-refractivity contribution in [1.82, 2.24) is 4.90 Å². The lowest BCUT2D eigenvalue weighted by Gasteiger charge is -2.31. The van der Waals surface area contributed by atoms with Crippen molar-refractivity contribution in [2.75, 3.05) is 19.8 Å². The van der Waals surface area contributed by atoms with Crippen molar-refractivity contribution in [2.45, 2.75) is 13.0 Å². The summed E-state index contributed by atoms with van der Waals surface area (Å²) in [5, 5.41) is 9.05. The Kier molecular flexibility index (Phi) is 4.00. The first kappa shape index (κ1) is 13.1. The Labute approximate surface area is 114 Å². The highest BCUT2D eigenvalue weighted by Crippen LogP contribution is 2.22. The Balaban J connectivity index is 2.30. The number of nitrogens with zero attached hydrogens (tertiary/aromatic N) is 2. The summed E-state index contributed by atoms with van der Waals surface area (Å²) in [5.74, 6) is -0.108. The molecule has 1 heterocycles. The average molecular weight is 309 g/mol. The van der Waals surface area contributed by atoms with Gasteiger partial charge >= 0.3 is 0 Å². The number of hydrogen-bond donors (Lipinski definition) is 0. The SMILES string of the molecule is Cc1c(Br)cccc1C(=O)N1CCOC[C@H]1C#N.